The van der Waals surface area contributed by atoms with Gasteiger partial charge in [-0.2, -0.15) is 0 Å². The molecule has 4 saturated carbocycles. The topological polar surface area (TPSA) is 95.9 Å². The Labute approximate surface area is 224 Å². The smallest absolute Gasteiger partial charge is 0.306 e. The molecule has 208 valence electrons. The molecule has 4 aliphatic rings. The molecule has 2 N–H and O–H groups in total. The van der Waals surface area contributed by atoms with Crippen LogP contribution in [-0.4, -0.2) is 53.5 Å². The van der Waals surface area contributed by atoms with Crippen molar-refractivity contribution in [2.24, 2.45) is 29.1 Å². The summed E-state index contributed by atoms with van der Waals surface area (Å²) in [5.41, 5.74) is 0.735. The maximum atomic E-state index is 15.1. The first kappa shape index (κ1) is 26.9. The molecule has 0 aliphatic heterocycles. The first-order valence-electron chi connectivity index (χ1n) is 14.3. The number of nitrogens with one attached hydrogen (secondary N) is 1. The molecule has 8 heteroatoms. The number of halogens is 1. The van der Waals surface area contributed by atoms with E-state index in [4.69, 9.17) is 4.74 Å². The number of hydrogen-bond acceptors (Lipinski definition) is 4. The summed E-state index contributed by atoms with van der Waals surface area (Å²) in [6.45, 7) is 4.63. The van der Waals surface area contributed by atoms with E-state index in [1.54, 1.807) is 18.9 Å². The Kier molecular flexibility index (Phi) is 7.44. The zero-order chi connectivity index (χ0) is 27.2. The van der Waals surface area contributed by atoms with Gasteiger partial charge in [0.1, 0.15) is 11.6 Å². The van der Waals surface area contributed by atoms with Gasteiger partial charge in [-0.1, -0.05) is 13.3 Å². The molecular formula is C30H41FN2O5. The minimum absolute atomic E-state index is 0.0281. The molecular weight excluding hydrogens is 487 g/mol. The lowest BCUT2D eigenvalue weighted by atomic mass is 9.70. The number of hydrogen-bond donors (Lipinski definition) is 2. The highest BCUT2D eigenvalue weighted by Crippen LogP contribution is 2.51. The van der Waals surface area contributed by atoms with E-state index in [2.05, 4.69) is 12.2 Å². The molecule has 1 aromatic carbocycles. The molecule has 0 saturated heterocycles. The van der Waals surface area contributed by atoms with E-state index < -0.39 is 17.7 Å². The number of carbonyl (C=O) groups is 3. The summed E-state index contributed by atoms with van der Waals surface area (Å²) in [6.07, 6.45) is 8.52. The first-order chi connectivity index (χ1) is 18.1. The SMILES string of the molecule is Cc1cc(F)c(C(=O)N(C)[C@@H]2[C@H]3CC[C@H](C3)[C@@H]2C(=O)NCC2(C)CCC2)cc1OC1CCC(C(=O)O)CC1. The fourth-order valence-electron chi connectivity index (χ4n) is 7.44. The summed E-state index contributed by atoms with van der Waals surface area (Å²) in [7, 11) is 1.70. The van der Waals surface area contributed by atoms with E-state index in [1.165, 1.54) is 18.6 Å². The number of carboxylic acid groups (broad SMARTS) is 1. The van der Waals surface area contributed by atoms with Gasteiger partial charge >= 0.3 is 5.97 Å². The van der Waals surface area contributed by atoms with Crippen molar-refractivity contribution in [3.63, 3.8) is 0 Å². The molecule has 2 amide bonds. The van der Waals surface area contributed by atoms with Gasteiger partial charge in [0.25, 0.3) is 5.91 Å². The molecule has 0 radical (unpaired) electrons. The highest BCUT2D eigenvalue weighted by molar-refractivity contribution is 5.95. The predicted molar refractivity (Wildman–Crippen MR) is 140 cm³/mol. The molecule has 0 spiro atoms. The Balaban J connectivity index is 1.29. The van der Waals surface area contributed by atoms with E-state index in [0.29, 0.717) is 43.5 Å². The molecule has 1 aromatic rings. The van der Waals surface area contributed by atoms with Crippen molar-refractivity contribution in [2.45, 2.75) is 90.2 Å². The Morgan fingerprint density at radius 3 is 2.42 bits per heavy atom. The Morgan fingerprint density at radius 1 is 1.11 bits per heavy atom. The molecule has 7 nitrogen and oxygen atoms in total. The van der Waals surface area contributed by atoms with Crippen LogP contribution in [0.1, 0.15) is 87.1 Å². The maximum Gasteiger partial charge on any atom is 0.306 e. The third-order valence-corrected chi connectivity index (χ3v) is 10.0. The lowest BCUT2D eigenvalue weighted by Gasteiger charge is -2.40. The number of amides is 2. The van der Waals surface area contributed by atoms with Gasteiger partial charge in [-0.3, -0.25) is 14.4 Å². The molecule has 4 atom stereocenters. The van der Waals surface area contributed by atoms with Crippen LogP contribution in [0.5, 0.6) is 5.75 Å². The molecule has 2 bridgehead atoms. The van der Waals surface area contributed by atoms with Crippen molar-refractivity contribution in [1.29, 1.82) is 0 Å². The van der Waals surface area contributed by atoms with Crippen LogP contribution in [0, 0.1) is 41.8 Å². The van der Waals surface area contributed by atoms with Crippen molar-refractivity contribution in [3.8, 4) is 5.75 Å². The maximum absolute atomic E-state index is 15.1. The van der Waals surface area contributed by atoms with Crippen molar-refractivity contribution in [2.75, 3.05) is 13.6 Å². The lowest BCUT2D eigenvalue weighted by molar-refractivity contribution is -0.143. The fourth-order valence-corrected chi connectivity index (χ4v) is 7.44. The number of aliphatic carboxylic acids is 1. The number of benzene rings is 1. The molecule has 0 unspecified atom stereocenters. The highest BCUT2D eigenvalue weighted by Gasteiger charge is 2.53. The van der Waals surface area contributed by atoms with E-state index >= 15 is 4.39 Å². The quantitative estimate of drug-likeness (QED) is 0.498. The molecule has 38 heavy (non-hydrogen) atoms. The van der Waals surface area contributed by atoms with Crippen LogP contribution in [0.3, 0.4) is 0 Å². The summed E-state index contributed by atoms with van der Waals surface area (Å²) in [5, 5.41) is 12.4. The predicted octanol–water partition coefficient (Wildman–Crippen LogP) is 4.95. The van der Waals surface area contributed by atoms with Gasteiger partial charge in [0, 0.05) is 19.6 Å². The van der Waals surface area contributed by atoms with Crippen LogP contribution in [0.2, 0.25) is 0 Å². The highest BCUT2D eigenvalue weighted by atomic mass is 19.1. The third kappa shape index (κ3) is 5.15. The summed E-state index contributed by atoms with van der Waals surface area (Å²) in [6, 6.07) is 2.59. The lowest BCUT2D eigenvalue weighted by Crippen LogP contribution is -2.52. The Bertz CT molecular complexity index is 1090. The van der Waals surface area contributed by atoms with Crippen LogP contribution in [0.25, 0.3) is 0 Å². The monoisotopic (exact) mass is 528 g/mol. The fraction of sp³-hybridized carbons (Fsp3) is 0.700. The third-order valence-electron chi connectivity index (χ3n) is 10.0. The van der Waals surface area contributed by atoms with Crippen LogP contribution >= 0.6 is 0 Å². The average Bonchev–Trinajstić information content (AvgIpc) is 3.49. The van der Waals surface area contributed by atoms with E-state index in [1.807, 2.05) is 0 Å². The van der Waals surface area contributed by atoms with Crippen molar-refractivity contribution < 1.29 is 28.6 Å². The van der Waals surface area contributed by atoms with Gasteiger partial charge in [-0.25, -0.2) is 4.39 Å². The van der Waals surface area contributed by atoms with Gasteiger partial charge in [-0.05, 0) is 99.7 Å². The summed E-state index contributed by atoms with van der Waals surface area (Å²) in [4.78, 5) is 39.9. The summed E-state index contributed by atoms with van der Waals surface area (Å²) >= 11 is 0. The minimum Gasteiger partial charge on any atom is -0.490 e. The number of nitrogens with zero attached hydrogens (tertiary/aromatic N) is 1. The molecule has 0 heterocycles. The zero-order valence-corrected chi connectivity index (χ0v) is 22.8. The van der Waals surface area contributed by atoms with Gasteiger partial charge < -0.3 is 20.1 Å². The second-order valence-corrected chi connectivity index (χ2v) is 12.7. The van der Waals surface area contributed by atoms with Gasteiger partial charge in [0.05, 0.1) is 23.5 Å². The van der Waals surface area contributed by atoms with E-state index in [0.717, 1.165) is 32.1 Å². The number of ether oxygens (including phenoxy) is 1. The van der Waals surface area contributed by atoms with Crippen LogP contribution in [-0.2, 0) is 9.59 Å². The van der Waals surface area contributed by atoms with E-state index in [-0.39, 0.29) is 52.7 Å². The number of carbonyl (C=O) groups excluding carboxylic acids is 2. The first-order valence-corrected chi connectivity index (χ1v) is 14.3. The number of fused-ring (bicyclic) bond motifs is 2. The van der Waals surface area contributed by atoms with Crippen molar-refractivity contribution in [3.05, 3.63) is 29.1 Å². The summed E-state index contributed by atoms with van der Waals surface area (Å²) in [5.74, 6) is -1.42. The van der Waals surface area contributed by atoms with E-state index in [9.17, 15) is 19.5 Å². The van der Waals surface area contributed by atoms with Crippen molar-refractivity contribution in [1.82, 2.24) is 10.2 Å². The normalized spacial score (nSPS) is 31.4. The number of rotatable bonds is 8. The van der Waals surface area contributed by atoms with Crippen molar-refractivity contribution >= 4 is 17.8 Å². The molecule has 0 aromatic heterocycles. The summed E-state index contributed by atoms with van der Waals surface area (Å²) < 4.78 is 21.3. The largest absolute Gasteiger partial charge is 0.490 e. The Morgan fingerprint density at radius 2 is 1.79 bits per heavy atom. The van der Waals surface area contributed by atoms with Gasteiger partial charge in [0.2, 0.25) is 5.91 Å². The molecule has 5 rings (SSSR count). The average molecular weight is 529 g/mol. The Hall–Kier alpha value is -2.64. The number of aryl methyl sites for hydroxylation is 1. The molecule has 4 fully saturated rings. The second kappa shape index (κ2) is 10.5. The van der Waals surface area contributed by atoms with Gasteiger partial charge in [0.15, 0.2) is 0 Å². The minimum atomic E-state index is -0.776. The van der Waals surface area contributed by atoms with Crippen LogP contribution in [0.4, 0.5) is 4.39 Å². The molecule has 4 aliphatic carbocycles. The van der Waals surface area contributed by atoms with Crippen LogP contribution < -0.4 is 10.1 Å². The van der Waals surface area contributed by atoms with Crippen LogP contribution in [0.15, 0.2) is 12.1 Å². The second-order valence-electron chi connectivity index (χ2n) is 12.7. The van der Waals surface area contributed by atoms with Gasteiger partial charge in [-0.15, -0.1) is 0 Å². The zero-order valence-electron chi connectivity index (χ0n) is 22.8. The standard InChI is InChI=1S/C30H41FN2O5/c1-17-13-23(31)22(15-24(17)38-21-9-7-18(8-10-21)29(36)37)28(35)33(3)26-20-6-5-19(14-20)25(26)27(34)32-16-30(2)11-4-12-30/h13,15,18-21,25-26H,4-12,14,16H2,1-3H3,(H,32,34)(H,36,37)/t18?,19-,20+,21?,25+,26-/m1/s1. The number of carboxylic acids is 1.